The van der Waals surface area contributed by atoms with Gasteiger partial charge in [0.2, 0.25) is 0 Å². The molecule has 0 aromatic carbocycles. The van der Waals surface area contributed by atoms with Gasteiger partial charge in [-0.1, -0.05) is 6.92 Å². The highest BCUT2D eigenvalue weighted by atomic mass is 16.6. The van der Waals surface area contributed by atoms with Crippen molar-refractivity contribution in [2.24, 2.45) is 10.8 Å². The number of amides is 2. The molecule has 1 rings (SSSR count). The van der Waals surface area contributed by atoms with Crippen LogP contribution in [0.15, 0.2) is 21.7 Å². The monoisotopic (exact) mass is 298 g/mol. The first-order valence-electron chi connectivity index (χ1n) is 5.94. The number of ether oxygens (including phenoxy) is 1. The molecule has 0 fully saturated rings. The fourth-order valence-electron chi connectivity index (χ4n) is 1.20. The molecule has 0 radical (unpaired) electrons. The third kappa shape index (κ3) is 5.30. The Morgan fingerprint density at radius 3 is 2.81 bits per heavy atom. The van der Waals surface area contributed by atoms with Crippen LogP contribution in [0.2, 0.25) is 0 Å². The van der Waals surface area contributed by atoms with Crippen LogP contribution in [0.3, 0.4) is 0 Å². The Hall–Kier alpha value is -2.91. The van der Waals surface area contributed by atoms with Crippen molar-refractivity contribution < 1.29 is 23.7 Å². The van der Waals surface area contributed by atoms with Crippen molar-refractivity contribution in [2.75, 3.05) is 13.2 Å². The second-order valence-corrected chi connectivity index (χ2v) is 3.79. The lowest BCUT2D eigenvalue weighted by Crippen LogP contribution is -2.36. The lowest BCUT2D eigenvalue weighted by atomic mass is 10.5. The Labute approximate surface area is 119 Å². The van der Waals surface area contributed by atoms with E-state index in [0.29, 0.717) is 11.4 Å². The van der Waals surface area contributed by atoms with Crippen LogP contribution in [0, 0.1) is 10.1 Å². The summed E-state index contributed by atoms with van der Waals surface area (Å²) in [7, 11) is 0. The van der Waals surface area contributed by atoms with Gasteiger partial charge in [0.15, 0.2) is 5.76 Å². The van der Waals surface area contributed by atoms with Crippen LogP contribution < -0.4 is 5.73 Å². The van der Waals surface area contributed by atoms with Crippen molar-refractivity contribution in [3.63, 3.8) is 0 Å². The summed E-state index contributed by atoms with van der Waals surface area (Å²) >= 11 is 0. The second-order valence-electron chi connectivity index (χ2n) is 3.79. The number of urea groups is 1. The van der Waals surface area contributed by atoms with Gasteiger partial charge in [0.1, 0.15) is 11.5 Å². The molecule has 10 heteroatoms. The normalized spacial score (nSPS) is 10.5. The van der Waals surface area contributed by atoms with E-state index in [-0.39, 0.29) is 12.4 Å². The molecule has 0 saturated carbocycles. The number of nitrogens with zero attached hydrogens (tertiary/aromatic N) is 3. The van der Waals surface area contributed by atoms with Gasteiger partial charge in [-0.2, -0.15) is 5.10 Å². The minimum absolute atomic E-state index is 0.0369. The molecule has 10 nitrogen and oxygen atoms in total. The Balaban J connectivity index is 2.68. The quantitative estimate of drug-likeness (QED) is 0.342. The van der Waals surface area contributed by atoms with Gasteiger partial charge in [-0.05, 0) is 12.5 Å². The Bertz CT molecular complexity index is 553. The van der Waals surface area contributed by atoms with E-state index in [9.17, 15) is 19.7 Å². The molecule has 0 atom stereocenters. The molecule has 0 aliphatic heterocycles. The van der Waals surface area contributed by atoms with E-state index in [2.05, 4.69) is 5.10 Å². The van der Waals surface area contributed by atoms with E-state index < -0.39 is 29.4 Å². The van der Waals surface area contributed by atoms with E-state index in [1.807, 2.05) is 6.92 Å². The number of rotatable bonds is 7. The minimum atomic E-state index is -0.972. The highest BCUT2D eigenvalue weighted by Gasteiger charge is 2.15. The molecule has 1 aromatic rings. The molecule has 0 unspecified atom stereocenters. The van der Waals surface area contributed by atoms with Gasteiger partial charge >= 0.3 is 17.9 Å². The molecule has 21 heavy (non-hydrogen) atoms. The number of furan rings is 1. The van der Waals surface area contributed by atoms with Crippen molar-refractivity contribution in [1.29, 1.82) is 0 Å². The zero-order valence-electron chi connectivity index (χ0n) is 11.2. The molecule has 0 saturated heterocycles. The summed E-state index contributed by atoms with van der Waals surface area (Å²) in [6, 6.07) is 1.45. The molecule has 114 valence electrons. The summed E-state index contributed by atoms with van der Waals surface area (Å²) in [5.74, 6) is -1.10. The van der Waals surface area contributed by atoms with Crippen LogP contribution in [0.5, 0.6) is 0 Å². The number of primary amides is 1. The first kappa shape index (κ1) is 16.1. The molecular weight excluding hydrogens is 284 g/mol. The fraction of sp³-hybridized carbons (Fsp3) is 0.364. The van der Waals surface area contributed by atoms with E-state index in [4.69, 9.17) is 14.9 Å². The first-order valence-corrected chi connectivity index (χ1v) is 5.94. The summed E-state index contributed by atoms with van der Waals surface area (Å²) < 4.78 is 9.59. The fourth-order valence-corrected chi connectivity index (χ4v) is 1.20. The van der Waals surface area contributed by atoms with Crippen LogP contribution in [-0.2, 0) is 9.53 Å². The number of esters is 1. The Morgan fingerprint density at radius 1 is 1.57 bits per heavy atom. The van der Waals surface area contributed by atoms with E-state index in [1.165, 1.54) is 6.07 Å². The average Bonchev–Trinajstić information content (AvgIpc) is 2.89. The van der Waals surface area contributed by atoms with Crippen LogP contribution in [0.25, 0.3) is 0 Å². The third-order valence-corrected chi connectivity index (χ3v) is 2.12. The zero-order valence-corrected chi connectivity index (χ0v) is 11.2. The molecule has 0 bridgehead atoms. The van der Waals surface area contributed by atoms with Crippen molar-refractivity contribution in [1.82, 2.24) is 5.01 Å². The van der Waals surface area contributed by atoms with E-state index >= 15 is 0 Å². The topological polar surface area (TPSA) is 141 Å². The highest BCUT2D eigenvalue weighted by Crippen LogP contribution is 2.13. The number of carbonyl (C=O) groups is 2. The number of hydrogen-bond acceptors (Lipinski definition) is 7. The summed E-state index contributed by atoms with van der Waals surface area (Å²) in [5, 5.41) is 14.7. The van der Waals surface area contributed by atoms with Crippen LogP contribution in [-0.4, -0.2) is 41.3 Å². The Morgan fingerprint density at radius 2 is 2.29 bits per heavy atom. The third-order valence-electron chi connectivity index (χ3n) is 2.12. The van der Waals surface area contributed by atoms with Gasteiger partial charge in [0, 0.05) is 0 Å². The predicted octanol–water partition coefficient (Wildman–Crippen LogP) is 0.856. The molecule has 0 aliphatic carbocycles. The van der Waals surface area contributed by atoms with Crippen molar-refractivity contribution in [3.8, 4) is 0 Å². The largest absolute Gasteiger partial charge is 0.464 e. The molecule has 2 N–H and O–H groups in total. The maximum Gasteiger partial charge on any atom is 0.433 e. The lowest BCUT2D eigenvalue weighted by molar-refractivity contribution is -0.402. The first-order chi connectivity index (χ1) is 9.93. The summed E-state index contributed by atoms with van der Waals surface area (Å²) in [4.78, 5) is 32.2. The van der Waals surface area contributed by atoms with Gasteiger partial charge in [-0.3, -0.25) is 14.9 Å². The van der Waals surface area contributed by atoms with E-state index in [0.717, 1.165) is 12.3 Å². The number of nitrogens with two attached hydrogens (primary N) is 1. The molecular formula is C11H14N4O6. The van der Waals surface area contributed by atoms with Crippen LogP contribution in [0.1, 0.15) is 19.1 Å². The number of hydrazone groups is 1. The zero-order chi connectivity index (χ0) is 15.8. The van der Waals surface area contributed by atoms with Gasteiger partial charge in [-0.25, -0.2) is 9.80 Å². The standard InChI is InChI=1S/C11H14N4O6/c1-2-5-20-10(16)7-14(11(12)17)13-6-8-3-4-9(21-8)15(18)19/h3-4,6H,2,5,7H2,1H3,(H2,12,17)/b13-6+. The maximum absolute atomic E-state index is 11.4. The van der Waals surface area contributed by atoms with Crippen LogP contribution >= 0.6 is 0 Å². The lowest BCUT2D eigenvalue weighted by Gasteiger charge is -2.12. The minimum Gasteiger partial charge on any atom is -0.464 e. The van der Waals surface area contributed by atoms with Gasteiger partial charge in [0.25, 0.3) is 0 Å². The molecule has 0 spiro atoms. The highest BCUT2D eigenvalue weighted by molar-refractivity contribution is 5.82. The van der Waals surface area contributed by atoms with Crippen LogP contribution in [0.4, 0.5) is 10.7 Å². The number of carbonyl (C=O) groups excluding carboxylic acids is 2. The second kappa shape index (κ2) is 7.62. The molecule has 1 aromatic heterocycles. The van der Waals surface area contributed by atoms with E-state index in [1.54, 1.807) is 0 Å². The summed E-state index contributed by atoms with van der Waals surface area (Å²) in [6.07, 6.45) is 1.67. The Kier molecular flexibility index (Phi) is 5.86. The number of hydrogen-bond donors (Lipinski definition) is 1. The maximum atomic E-state index is 11.4. The number of nitro groups is 1. The van der Waals surface area contributed by atoms with Crippen molar-refractivity contribution in [3.05, 3.63) is 28.0 Å². The molecule has 2 amide bonds. The predicted molar refractivity (Wildman–Crippen MR) is 70.5 cm³/mol. The average molecular weight is 298 g/mol. The SMILES string of the molecule is CCCOC(=O)CN(/N=C/c1ccc([N+](=O)[O-])o1)C(N)=O. The smallest absolute Gasteiger partial charge is 0.433 e. The molecule has 0 aliphatic rings. The van der Waals surface area contributed by atoms with Gasteiger partial charge in [-0.15, -0.1) is 0 Å². The van der Waals surface area contributed by atoms with Crippen molar-refractivity contribution >= 4 is 24.1 Å². The molecule has 1 heterocycles. The van der Waals surface area contributed by atoms with Gasteiger partial charge in [0.05, 0.1) is 18.9 Å². The summed E-state index contributed by atoms with van der Waals surface area (Å²) in [5.41, 5.74) is 5.06. The van der Waals surface area contributed by atoms with Gasteiger partial charge < -0.3 is 14.9 Å². The van der Waals surface area contributed by atoms with Crippen molar-refractivity contribution in [2.45, 2.75) is 13.3 Å². The summed E-state index contributed by atoms with van der Waals surface area (Å²) in [6.45, 7) is 1.58.